The van der Waals surface area contributed by atoms with E-state index in [1.165, 1.54) is 0 Å². The van der Waals surface area contributed by atoms with Crippen molar-refractivity contribution >= 4 is 0 Å². The number of nitrogens with one attached hydrogen (secondary N) is 1. The highest BCUT2D eigenvalue weighted by Gasteiger charge is 2.03. The van der Waals surface area contributed by atoms with Crippen LogP contribution < -0.4 is 5.32 Å². The number of hydrogen-bond acceptors (Lipinski definition) is 3. The number of terminal acetylenes is 1. The van der Waals surface area contributed by atoms with E-state index in [2.05, 4.69) is 21.2 Å². The Bertz CT molecular complexity index is 263. The summed E-state index contributed by atoms with van der Waals surface area (Å²) >= 11 is 0. The molecule has 62 valence electrons. The van der Waals surface area contributed by atoms with Crippen LogP contribution in [0.2, 0.25) is 0 Å². The van der Waals surface area contributed by atoms with Crippen molar-refractivity contribution in [1.82, 2.24) is 15.3 Å². The summed E-state index contributed by atoms with van der Waals surface area (Å²) in [6.07, 6.45) is 10.2. The lowest BCUT2D eigenvalue weighted by atomic mass is 10.2. The van der Waals surface area contributed by atoms with E-state index in [1.54, 1.807) is 18.6 Å². The fourth-order valence-electron chi connectivity index (χ4n) is 0.851. The van der Waals surface area contributed by atoms with Crippen molar-refractivity contribution in [3.05, 3.63) is 24.3 Å². The van der Waals surface area contributed by atoms with E-state index in [0.29, 0.717) is 6.54 Å². The molecule has 1 aromatic heterocycles. The van der Waals surface area contributed by atoms with Gasteiger partial charge in [-0.15, -0.1) is 6.42 Å². The van der Waals surface area contributed by atoms with Gasteiger partial charge in [-0.05, 0) is 6.92 Å². The Morgan fingerprint density at radius 2 is 2.50 bits per heavy atom. The summed E-state index contributed by atoms with van der Waals surface area (Å²) in [7, 11) is 0. The molecule has 0 radical (unpaired) electrons. The van der Waals surface area contributed by atoms with E-state index in [1.807, 2.05) is 6.92 Å². The third kappa shape index (κ3) is 2.33. The first kappa shape index (κ1) is 8.69. The molecule has 12 heavy (non-hydrogen) atoms. The van der Waals surface area contributed by atoms with Crippen LogP contribution in [-0.2, 0) is 0 Å². The zero-order valence-electron chi connectivity index (χ0n) is 6.99. The Morgan fingerprint density at radius 1 is 1.67 bits per heavy atom. The van der Waals surface area contributed by atoms with Gasteiger partial charge in [0.15, 0.2) is 0 Å². The lowest BCUT2D eigenvalue weighted by molar-refractivity contribution is 0.603. The fourth-order valence-corrected chi connectivity index (χ4v) is 0.851. The molecule has 0 bridgehead atoms. The third-order valence-corrected chi connectivity index (χ3v) is 1.54. The minimum absolute atomic E-state index is 0.162. The Balaban J connectivity index is 2.55. The van der Waals surface area contributed by atoms with Gasteiger partial charge in [0.25, 0.3) is 0 Å². The van der Waals surface area contributed by atoms with Gasteiger partial charge in [0.1, 0.15) is 0 Å². The highest BCUT2D eigenvalue weighted by Crippen LogP contribution is 2.04. The minimum atomic E-state index is 0.162. The van der Waals surface area contributed by atoms with E-state index in [4.69, 9.17) is 6.42 Å². The van der Waals surface area contributed by atoms with E-state index in [9.17, 15) is 0 Å². The van der Waals surface area contributed by atoms with Crippen molar-refractivity contribution in [2.75, 3.05) is 6.54 Å². The molecule has 1 heterocycles. The molecule has 0 aromatic carbocycles. The second-order valence-corrected chi connectivity index (χ2v) is 2.44. The first-order valence-electron chi connectivity index (χ1n) is 3.77. The van der Waals surface area contributed by atoms with Gasteiger partial charge in [-0.3, -0.25) is 15.3 Å². The first-order chi connectivity index (χ1) is 5.84. The number of rotatable bonds is 3. The first-order valence-corrected chi connectivity index (χ1v) is 3.77. The quantitative estimate of drug-likeness (QED) is 0.665. The van der Waals surface area contributed by atoms with Crippen molar-refractivity contribution in [2.24, 2.45) is 0 Å². The van der Waals surface area contributed by atoms with Gasteiger partial charge in [-0.25, -0.2) is 0 Å². The van der Waals surface area contributed by atoms with Crippen molar-refractivity contribution in [3.8, 4) is 12.3 Å². The average Bonchev–Trinajstić information content (AvgIpc) is 2.15. The monoisotopic (exact) mass is 161 g/mol. The molecule has 0 saturated carbocycles. The number of nitrogens with zero attached hydrogens (tertiary/aromatic N) is 2. The molecule has 1 aromatic rings. The smallest absolute Gasteiger partial charge is 0.0753 e. The molecule has 0 aliphatic rings. The van der Waals surface area contributed by atoms with Gasteiger partial charge < -0.3 is 0 Å². The van der Waals surface area contributed by atoms with Crippen LogP contribution in [0.25, 0.3) is 0 Å². The van der Waals surface area contributed by atoms with Gasteiger partial charge in [-0.1, -0.05) is 5.92 Å². The molecule has 1 N–H and O–H groups in total. The van der Waals surface area contributed by atoms with E-state index in [-0.39, 0.29) is 6.04 Å². The van der Waals surface area contributed by atoms with Crippen LogP contribution in [0.3, 0.4) is 0 Å². The minimum Gasteiger partial charge on any atom is -0.298 e. The SMILES string of the molecule is C#CCNC(C)c1cnccn1. The molecule has 0 spiro atoms. The Morgan fingerprint density at radius 3 is 3.08 bits per heavy atom. The van der Waals surface area contributed by atoms with E-state index < -0.39 is 0 Å². The summed E-state index contributed by atoms with van der Waals surface area (Å²) in [6.45, 7) is 2.55. The molecule has 3 nitrogen and oxygen atoms in total. The Kier molecular flexibility index (Phi) is 3.24. The molecule has 3 heteroatoms. The van der Waals surface area contributed by atoms with Crippen LogP contribution in [-0.4, -0.2) is 16.5 Å². The van der Waals surface area contributed by atoms with Crippen molar-refractivity contribution in [1.29, 1.82) is 0 Å². The van der Waals surface area contributed by atoms with Crippen molar-refractivity contribution in [2.45, 2.75) is 13.0 Å². The summed E-state index contributed by atoms with van der Waals surface area (Å²) in [6, 6.07) is 0.162. The van der Waals surface area contributed by atoms with E-state index in [0.717, 1.165) is 5.69 Å². The second kappa shape index (κ2) is 4.47. The summed E-state index contributed by atoms with van der Waals surface area (Å²) in [5, 5.41) is 3.11. The lowest BCUT2D eigenvalue weighted by Gasteiger charge is -2.09. The molecule has 0 fully saturated rings. The highest BCUT2D eigenvalue weighted by molar-refractivity contribution is 5.01. The van der Waals surface area contributed by atoms with Crippen molar-refractivity contribution < 1.29 is 0 Å². The average molecular weight is 161 g/mol. The Hall–Kier alpha value is -1.40. The van der Waals surface area contributed by atoms with Gasteiger partial charge in [0.05, 0.1) is 12.2 Å². The largest absolute Gasteiger partial charge is 0.298 e. The topological polar surface area (TPSA) is 37.8 Å². The van der Waals surface area contributed by atoms with Crippen LogP contribution in [0, 0.1) is 12.3 Å². The zero-order valence-corrected chi connectivity index (χ0v) is 6.99. The molecular weight excluding hydrogens is 150 g/mol. The third-order valence-electron chi connectivity index (χ3n) is 1.54. The van der Waals surface area contributed by atoms with E-state index >= 15 is 0 Å². The molecule has 1 unspecified atom stereocenters. The van der Waals surface area contributed by atoms with Crippen LogP contribution in [0.5, 0.6) is 0 Å². The zero-order chi connectivity index (χ0) is 8.81. The second-order valence-electron chi connectivity index (χ2n) is 2.44. The molecule has 1 rings (SSSR count). The summed E-state index contributed by atoms with van der Waals surface area (Å²) < 4.78 is 0. The standard InChI is InChI=1S/C9H11N3/c1-3-4-11-8(2)9-7-10-5-6-12-9/h1,5-8,11H,4H2,2H3. The Labute approximate surface area is 72.2 Å². The van der Waals surface area contributed by atoms with Crippen molar-refractivity contribution in [3.63, 3.8) is 0 Å². The molecule has 0 aliphatic heterocycles. The maximum atomic E-state index is 5.11. The van der Waals surface area contributed by atoms with Gasteiger partial charge in [0, 0.05) is 24.6 Å². The van der Waals surface area contributed by atoms with Crippen LogP contribution in [0.1, 0.15) is 18.7 Å². The lowest BCUT2D eigenvalue weighted by Crippen LogP contribution is -2.19. The predicted octanol–water partition coefficient (Wildman–Crippen LogP) is 0.760. The molecule has 0 aliphatic carbocycles. The predicted molar refractivity (Wildman–Crippen MR) is 47.3 cm³/mol. The summed E-state index contributed by atoms with van der Waals surface area (Å²) in [4.78, 5) is 8.10. The fraction of sp³-hybridized carbons (Fsp3) is 0.333. The summed E-state index contributed by atoms with van der Waals surface area (Å²) in [5.74, 6) is 2.51. The summed E-state index contributed by atoms with van der Waals surface area (Å²) in [5.41, 5.74) is 0.910. The van der Waals surface area contributed by atoms with Crippen LogP contribution in [0.15, 0.2) is 18.6 Å². The molecule has 1 atom stereocenters. The molecule has 0 saturated heterocycles. The van der Waals surface area contributed by atoms with Crippen LogP contribution in [0.4, 0.5) is 0 Å². The normalized spacial score (nSPS) is 12.0. The number of hydrogen-bond donors (Lipinski definition) is 1. The van der Waals surface area contributed by atoms with Gasteiger partial charge in [-0.2, -0.15) is 0 Å². The van der Waals surface area contributed by atoms with Crippen LogP contribution >= 0.6 is 0 Å². The van der Waals surface area contributed by atoms with Gasteiger partial charge in [0.2, 0.25) is 0 Å². The maximum Gasteiger partial charge on any atom is 0.0753 e. The number of aromatic nitrogens is 2. The maximum absolute atomic E-state index is 5.11. The highest BCUT2D eigenvalue weighted by atomic mass is 14.9. The van der Waals surface area contributed by atoms with Gasteiger partial charge >= 0.3 is 0 Å². The molecular formula is C9H11N3. The molecule has 0 amide bonds.